The van der Waals surface area contributed by atoms with Gasteiger partial charge in [0.15, 0.2) is 5.82 Å². The summed E-state index contributed by atoms with van der Waals surface area (Å²) < 4.78 is 2.06. The minimum atomic E-state index is -0.0471. The summed E-state index contributed by atoms with van der Waals surface area (Å²) in [4.78, 5) is 23.0. The van der Waals surface area contributed by atoms with Crippen LogP contribution in [-0.4, -0.2) is 35.1 Å². The number of aromatic amines is 1. The number of aromatic nitrogens is 6. The van der Waals surface area contributed by atoms with E-state index in [0.29, 0.717) is 19.1 Å². The molecule has 3 heterocycles. The maximum Gasteiger partial charge on any atom is 0.252 e. The van der Waals surface area contributed by atoms with Gasteiger partial charge in [-0.2, -0.15) is 0 Å². The number of pyridine rings is 2. The second-order valence-electron chi connectivity index (χ2n) is 10.1. The van der Waals surface area contributed by atoms with Gasteiger partial charge in [0, 0.05) is 31.0 Å². The van der Waals surface area contributed by atoms with Crippen LogP contribution in [-0.2, 0) is 13.1 Å². The Kier molecular flexibility index (Phi) is 7.23. The van der Waals surface area contributed by atoms with E-state index < -0.39 is 0 Å². The number of nitrogens with one attached hydrogen (secondary N) is 1. The lowest BCUT2D eigenvalue weighted by atomic mass is 9.95. The van der Waals surface area contributed by atoms with E-state index in [4.69, 9.17) is 0 Å². The van der Waals surface area contributed by atoms with Gasteiger partial charge in [0.1, 0.15) is 0 Å². The lowest BCUT2D eigenvalue weighted by molar-refractivity contribution is 0.155. The number of aryl methyl sites for hydroxylation is 2. The standard InChI is InChI=1S/C28H35N7O/c1-4-25(27-31-32-33-35(27)24-10-6-5-7-11-24)34(17-21-9-8-14-29-16-21)18-23-15-22-13-12-19(2)20(3)26(22)30-28(23)36/h8-9,12-16,24-25H,4-7,10-11,17-18H2,1-3H3,(H,30,36)/t25-/m0/s1. The topological polar surface area (TPSA) is 92.6 Å². The van der Waals surface area contributed by atoms with Gasteiger partial charge in [0.2, 0.25) is 0 Å². The van der Waals surface area contributed by atoms with Gasteiger partial charge < -0.3 is 4.98 Å². The Morgan fingerprint density at radius 3 is 2.72 bits per heavy atom. The van der Waals surface area contributed by atoms with Crippen LogP contribution in [0.5, 0.6) is 0 Å². The Morgan fingerprint density at radius 1 is 1.14 bits per heavy atom. The van der Waals surface area contributed by atoms with Crippen LogP contribution in [0.2, 0.25) is 0 Å². The normalized spacial score (nSPS) is 15.6. The molecule has 3 aromatic heterocycles. The van der Waals surface area contributed by atoms with Crippen molar-refractivity contribution in [3.8, 4) is 0 Å². The molecule has 1 fully saturated rings. The molecule has 0 radical (unpaired) electrons. The molecule has 0 aliphatic heterocycles. The summed E-state index contributed by atoms with van der Waals surface area (Å²) in [6.45, 7) is 7.42. The van der Waals surface area contributed by atoms with Gasteiger partial charge in [-0.3, -0.25) is 14.7 Å². The predicted octanol–water partition coefficient (Wildman–Crippen LogP) is 5.19. The molecule has 1 atom stereocenters. The average molecular weight is 486 g/mol. The van der Waals surface area contributed by atoms with Crippen molar-refractivity contribution in [2.24, 2.45) is 0 Å². The molecular formula is C28H35N7O. The zero-order chi connectivity index (χ0) is 25.1. The zero-order valence-corrected chi connectivity index (χ0v) is 21.4. The van der Waals surface area contributed by atoms with Crippen molar-refractivity contribution in [1.29, 1.82) is 0 Å². The van der Waals surface area contributed by atoms with Gasteiger partial charge in [-0.25, -0.2) is 4.68 Å². The molecule has 36 heavy (non-hydrogen) atoms. The van der Waals surface area contributed by atoms with Gasteiger partial charge in [0.25, 0.3) is 5.56 Å². The van der Waals surface area contributed by atoms with Crippen LogP contribution >= 0.6 is 0 Å². The Balaban J connectivity index is 1.53. The van der Waals surface area contributed by atoms with E-state index in [1.165, 1.54) is 24.8 Å². The Labute approximate surface area is 211 Å². The molecular weight excluding hydrogens is 450 g/mol. The average Bonchev–Trinajstić information content (AvgIpc) is 3.38. The molecule has 1 aliphatic rings. The summed E-state index contributed by atoms with van der Waals surface area (Å²) in [5.74, 6) is 0.886. The molecule has 4 aromatic rings. The molecule has 188 valence electrons. The van der Waals surface area contributed by atoms with Crippen LogP contribution in [0.15, 0.2) is 47.5 Å². The number of hydrogen-bond acceptors (Lipinski definition) is 6. The minimum absolute atomic E-state index is 0.0306. The number of benzene rings is 1. The third-order valence-electron chi connectivity index (χ3n) is 7.67. The largest absolute Gasteiger partial charge is 0.321 e. The minimum Gasteiger partial charge on any atom is -0.321 e. The van der Waals surface area contributed by atoms with E-state index >= 15 is 0 Å². The third-order valence-corrected chi connectivity index (χ3v) is 7.67. The highest BCUT2D eigenvalue weighted by Crippen LogP contribution is 2.32. The zero-order valence-electron chi connectivity index (χ0n) is 21.4. The fourth-order valence-corrected chi connectivity index (χ4v) is 5.52. The van der Waals surface area contributed by atoms with Crippen LogP contribution in [0.3, 0.4) is 0 Å². The number of tetrazole rings is 1. The van der Waals surface area contributed by atoms with Crippen LogP contribution in [0.4, 0.5) is 0 Å². The second kappa shape index (κ2) is 10.7. The number of hydrogen-bond donors (Lipinski definition) is 1. The highest BCUT2D eigenvalue weighted by molar-refractivity contribution is 5.83. The molecule has 1 aromatic carbocycles. The quantitative estimate of drug-likeness (QED) is 0.369. The monoisotopic (exact) mass is 485 g/mol. The summed E-state index contributed by atoms with van der Waals surface area (Å²) >= 11 is 0. The lowest BCUT2D eigenvalue weighted by Gasteiger charge is -2.32. The first-order valence-corrected chi connectivity index (χ1v) is 13.1. The predicted molar refractivity (Wildman–Crippen MR) is 140 cm³/mol. The van der Waals surface area contributed by atoms with Crippen molar-refractivity contribution in [3.05, 3.63) is 81.2 Å². The Morgan fingerprint density at radius 2 is 1.97 bits per heavy atom. The smallest absolute Gasteiger partial charge is 0.252 e. The van der Waals surface area contributed by atoms with Gasteiger partial charge in [-0.15, -0.1) is 5.10 Å². The highest BCUT2D eigenvalue weighted by Gasteiger charge is 2.29. The summed E-state index contributed by atoms with van der Waals surface area (Å²) in [5.41, 5.74) is 4.98. The molecule has 8 heteroatoms. The van der Waals surface area contributed by atoms with Crippen molar-refractivity contribution in [3.63, 3.8) is 0 Å². The van der Waals surface area contributed by atoms with E-state index in [2.05, 4.69) is 74.0 Å². The summed E-state index contributed by atoms with van der Waals surface area (Å²) in [7, 11) is 0. The Hall–Kier alpha value is -3.39. The maximum atomic E-state index is 13.3. The SMILES string of the molecule is CC[C@@H](c1nnnn1C1CCCCC1)N(Cc1cccnc1)Cc1cc2ccc(C)c(C)c2[nH]c1=O. The fourth-order valence-electron chi connectivity index (χ4n) is 5.52. The number of fused-ring (bicyclic) bond motifs is 1. The van der Waals surface area contributed by atoms with Crippen molar-refractivity contribution >= 4 is 10.9 Å². The van der Waals surface area contributed by atoms with Crippen LogP contribution in [0, 0.1) is 13.8 Å². The van der Waals surface area contributed by atoms with Gasteiger partial charge in [-0.05, 0) is 77.7 Å². The van der Waals surface area contributed by atoms with E-state index in [1.807, 2.05) is 18.3 Å². The number of H-pyrrole nitrogens is 1. The molecule has 5 rings (SSSR count). The van der Waals surface area contributed by atoms with Crippen LogP contribution < -0.4 is 5.56 Å². The molecule has 1 aliphatic carbocycles. The van der Waals surface area contributed by atoms with Gasteiger partial charge in [0.05, 0.1) is 17.6 Å². The van der Waals surface area contributed by atoms with Gasteiger partial charge in [-0.1, -0.05) is 44.4 Å². The number of rotatable bonds is 8. The van der Waals surface area contributed by atoms with Crippen LogP contribution in [0.25, 0.3) is 10.9 Å². The van der Waals surface area contributed by atoms with Crippen molar-refractivity contribution in [1.82, 2.24) is 35.1 Å². The van der Waals surface area contributed by atoms with E-state index in [9.17, 15) is 4.79 Å². The van der Waals surface area contributed by atoms with Gasteiger partial charge >= 0.3 is 0 Å². The van der Waals surface area contributed by atoms with E-state index in [0.717, 1.165) is 52.7 Å². The highest BCUT2D eigenvalue weighted by atomic mass is 16.1. The lowest BCUT2D eigenvalue weighted by Crippen LogP contribution is -2.33. The summed E-state index contributed by atoms with van der Waals surface area (Å²) in [6, 6.07) is 10.6. The van der Waals surface area contributed by atoms with E-state index in [1.54, 1.807) is 6.20 Å². The summed E-state index contributed by atoms with van der Waals surface area (Å²) in [6.07, 6.45) is 10.4. The first-order valence-electron chi connectivity index (χ1n) is 13.1. The third kappa shape index (κ3) is 4.95. The molecule has 1 saturated carbocycles. The van der Waals surface area contributed by atoms with E-state index in [-0.39, 0.29) is 11.6 Å². The molecule has 0 spiro atoms. The van der Waals surface area contributed by atoms with Crippen molar-refractivity contribution in [2.75, 3.05) is 0 Å². The summed E-state index contributed by atoms with van der Waals surface area (Å²) in [5, 5.41) is 14.1. The molecule has 8 nitrogen and oxygen atoms in total. The molecule has 0 amide bonds. The van der Waals surface area contributed by atoms with Crippen molar-refractivity contribution in [2.45, 2.75) is 84.5 Å². The maximum absolute atomic E-state index is 13.3. The Bertz CT molecular complexity index is 1370. The molecule has 0 bridgehead atoms. The molecule has 1 N–H and O–H groups in total. The first kappa shape index (κ1) is 24.3. The molecule has 0 saturated heterocycles. The van der Waals surface area contributed by atoms with Crippen LogP contribution in [0.1, 0.15) is 85.6 Å². The molecule has 0 unspecified atom stereocenters. The first-order chi connectivity index (χ1) is 17.5. The number of nitrogens with zero attached hydrogens (tertiary/aromatic N) is 6. The fraction of sp³-hybridized carbons (Fsp3) is 0.464. The second-order valence-corrected chi connectivity index (χ2v) is 10.1. The van der Waals surface area contributed by atoms with Crippen molar-refractivity contribution < 1.29 is 0 Å².